The number of nitrogens with one attached hydrogen (secondary N) is 1. The minimum atomic E-state index is 0.264. The third kappa shape index (κ3) is 3.58. The van der Waals surface area contributed by atoms with Gasteiger partial charge in [-0.05, 0) is 38.3 Å². The number of nitrogens with zero attached hydrogens (tertiary/aromatic N) is 2. The predicted octanol–water partition coefficient (Wildman–Crippen LogP) is 2.70. The highest BCUT2D eigenvalue weighted by molar-refractivity contribution is 5.75. The van der Waals surface area contributed by atoms with Crippen LogP contribution in [0.25, 0.3) is 11.0 Å². The SMILES string of the molecule is CCCn1c(CNC(C)CCCO)nc2ccccc21. The molecule has 1 heterocycles. The second kappa shape index (κ2) is 7.41. The fourth-order valence-corrected chi connectivity index (χ4v) is 2.50. The summed E-state index contributed by atoms with van der Waals surface area (Å²) in [6.45, 7) is 6.39. The molecule has 0 aliphatic carbocycles. The van der Waals surface area contributed by atoms with Crippen LogP contribution in [0.4, 0.5) is 0 Å². The van der Waals surface area contributed by atoms with Gasteiger partial charge < -0.3 is 15.0 Å². The Balaban J connectivity index is 2.10. The second-order valence-corrected chi connectivity index (χ2v) is 5.32. The van der Waals surface area contributed by atoms with Crippen LogP contribution in [0.15, 0.2) is 24.3 Å². The van der Waals surface area contributed by atoms with Crippen LogP contribution in [0.3, 0.4) is 0 Å². The Morgan fingerprint density at radius 1 is 1.35 bits per heavy atom. The first-order valence-electron chi connectivity index (χ1n) is 7.54. The Morgan fingerprint density at radius 2 is 2.15 bits per heavy atom. The van der Waals surface area contributed by atoms with Gasteiger partial charge in [0.25, 0.3) is 0 Å². The van der Waals surface area contributed by atoms with Gasteiger partial charge in [-0.3, -0.25) is 0 Å². The number of hydrogen-bond acceptors (Lipinski definition) is 3. The van der Waals surface area contributed by atoms with Crippen LogP contribution in [-0.4, -0.2) is 27.3 Å². The molecule has 1 aromatic heterocycles. The monoisotopic (exact) mass is 275 g/mol. The number of aryl methyl sites for hydroxylation is 1. The molecule has 2 rings (SSSR count). The standard InChI is InChI=1S/C16H25N3O/c1-3-10-19-15-9-5-4-8-14(15)18-16(19)12-17-13(2)7-6-11-20/h4-5,8-9,13,17,20H,3,6-7,10-12H2,1-2H3. The molecule has 20 heavy (non-hydrogen) atoms. The molecule has 0 saturated heterocycles. The molecular weight excluding hydrogens is 250 g/mol. The lowest BCUT2D eigenvalue weighted by molar-refractivity contribution is 0.276. The summed E-state index contributed by atoms with van der Waals surface area (Å²) in [7, 11) is 0. The maximum absolute atomic E-state index is 8.87. The van der Waals surface area contributed by atoms with Crippen molar-refractivity contribution in [2.24, 2.45) is 0 Å². The largest absolute Gasteiger partial charge is 0.396 e. The Hall–Kier alpha value is -1.39. The van der Waals surface area contributed by atoms with E-state index in [-0.39, 0.29) is 6.61 Å². The number of aliphatic hydroxyl groups is 1. The second-order valence-electron chi connectivity index (χ2n) is 5.32. The summed E-state index contributed by atoms with van der Waals surface area (Å²) in [4.78, 5) is 4.73. The van der Waals surface area contributed by atoms with Crippen molar-refractivity contribution in [3.63, 3.8) is 0 Å². The molecule has 0 fully saturated rings. The number of imidazole rings is 1. The Kier molecular flexibility index (Phi) is 5.56. The third-order valence-electron chi connectivity index (χ3n) is 3.58. The van der Waals surface area contributed by atoms with Crippen molar-refractivity contribution in [2.45, 2.75) is 52.2 Å². The van der Waals surface area contributed by atoms with Crippen LogP contribution < -0.4 is 5.32 Å². The zero-order chi connectivity index (χ0) is 14.4. The summed E-state index contributed by atoms with van der Waals surface area (Å²) in [5.41, 5.74) is 2.29. The van der Waals surface area contributed by atoms with E-state index in [2.05, 4.69) is 41.9 Å². The van der Waals surface area contributed by atoms with Crippen LogP contribution in [0.2, 0.25) is 0 Å². The van der Waals surface area contributed by atoms with E-state index >= 15 is 0 Å². The van der Waals surface area contributed by atoms with Crippen molar-refractivity contribution in [3.05, 3.63) is 30.1 Å². The first kappa shape index (κ1) is 15.0. The molecule has 0 aliphatic heterocycles. The van der Waals surface area contributed by atoms with Gasteiger partial charge in [0.1, 0.15) is 5.82 Å². The summed E-state index contributed by atoms with van der Waals surface area (Å²) in [5, 5.41) is 12.4. The van der Waals surface area contributed by atoms with Crippen molar-refractivity contribution in [2.75, 3.05) is 6.61 Å². The Morgan fingerprint density at radius 3 is 2.90 bits per heavy atom. The van der Waals surface area contributed by atoms with E-state index in [0.29, 0.717) is 6.04 Å². The molecule has 0 aliphatic rings. The Bertz CT molecular complexity index is 536. The van der Waals surface area contributed by atoms with Crippen molar-refractivity contribution in [1.29, 1.82) is 0 Å². The molecule has 0 spiro atoms. The number of fused-ring (bicyclic) bond motifs is 1. The fourth-order valence-electron chi connectivity index (χ4n) is 2.50. The van der Waals surface area contributed by atoms with Gasteiger partial charge in [-0.15, -0.1) is 0 Å². The average molecular weight is 275 g/mol. The summed E-state index contributed by atoms with van der Waals surface area (Å²) in [6.07, 6.45) is 2.94. The number of rotatable bonds is 8. The molecule has 1 unspecified atom stereocenters. The number of para-hydroxylation sites is 2. The van der Waals surface area contributed by atoms with Gasteiger partial charge in [-0.1, -0.05) is 19.1 Å². The molecule has 0 radical (unpaired) electrons. The maximum Gasteiger partial charge on any atom is 0.123 e. The highest BCUT2D eigenvalue weighted by atomic mass is 16.2. The highest BCUT2D eigenvalue weighted by Gasteiger charge is 2.10. The van der Waals surface area contributed by atoms with E-state index in [1.165, 1.54) is 5.52 Å². The predicted molar refractivity (Wildman–Crippen MR) is 82.6 cm³/mol. The maximum atomic E-state index is 8.87. The number of aliphatic hydroxyl groups excluding tert-OH is 1. The molecular formula is C16H25N3O. The topological polar surface area (TPSA) is 50.1 Å². The van der Waals surface area contributed by atoms with Crippen LogP contribution >= 0.6 is 0 Å². The average Bonchev–Trinajstić information content (AvgIpc) is 2.81. The van der Waals surface area contributed by atoms with Crippen LogP contribution in [0, 0.1) is 0 Å². The summed E-state index contributed by atoms with van der Waals surface area (Å²) < 4.78 is 2.31. The lowest BCUT2D eigenvalue weighted by atomic mass is 10.2. The lowest BCUT2D eigenvalue weighted by Crippen LogP contribution is -2.27. The molecule has 1 aromatic carbocycles. The minimum absolute atomic E-state index is 0.264. The minimum Gasteiger partial charge on any atom is -0.396 e. The van der Waals surface area contributed by atoms with E-state index in [0.717, 1.165) is 43.7 Å². The van der Waals surface area contributed by atoms with Gasteiger partial charge in [0.05, 0.1) is 17.6 Å². The normalized spacial score (nSPS) is 12.9. The molecule has 0 bridgehead atoms. The van der Waals surface area contributed by atoms with Gasteiger partial charge >= 0.3 is 0 Å². The summed E-state index contributed by atoms with van der Waals surface area (Å²) in [5.74, 6) is 1.10. The van der Waals surface area contributed by atoms with Gasteiger partial charge in [0, 0.05) is 19.2 Å². The van der Waals surface area contributed by atoms with Crippen molar-refractivity contribution in [1.82, 2.24) is 14.9 Å². The van der Waals surface area contributed by atoms with Gasteiger partial charge in [-0.2, -0.15) is 0 Å². The molecule has 4 heteroatoms. The summed E-state index contributed by atoms with van der Waals surface area (Å²) in [6, 6.07) is 8.71. The fraction of sp³-hybridized carbons (Fsp3) is 0.562. The molecule has 110 valence electrons. The third-order valence-corrected chi connectivity index (χ3v) is 3.58. The molecule has 2 aromatic rings. The van der Waals surface area contributed by atoms with E-state index in [1.807, 2.05) is 6.07 Å². The smallest absolute Gasteiger partial charge is 0.123 e. The molecule has 0 amide bonds. The van der Waals surface area contributed by atoms with Crippen molar-refractivity contribution >= 4 is 11.0 Å². The lowest BCUT2D eigenvalue weighted by Gasteiger charge is -2.14. The van der Waals surface area contributed by atoms with Gasteiger partial charge in [0.2, 0.25) is 0 Å². The van der Waals surface area contributed by atoms with E-state index in [4.69, 9.17) is 10.1 Å². The Labute approximate surface area is 120 Å². The quantitative estimate of drug-likeness (QED) is 0.779. The first-order chi connectivity index (χ1) is 9.76. The molecule has 2 N–H and O–H groups in total. The van der Waals surface area contributed by atoms with Gasteiger partial charge in [0.15, 0.2) is 0 Å². The van der Waals surface area contributed by atoms with Crippen LogP contribution in [-0.2, 0) is 13.1 Å². The van der Waals surface area contributed by atoms with Crippen LogP contribution in [0.5, 0.6) is 0 Å². The molecule has 0 saturated carbocycles. The van der Waals surface area contributed by atoms with Crippen LogP contribution in [0.1, 0.15) is 38.9 Å². The summed E-state index contributed by atoms with van der Waals surface area (Å²) >= 11 is 0. The van der Waals surface area contributed by atoms with Crippen molar-refractivity contribution in [3.8, 4) is 0 Å². The molecule has 4 nitrogen and oxygen atoms in total. The number of hydrogen-bond donors (Lipinski definition) is 2. The first-order valence-corrected chi connectivity index (χ1v) is 7.54. The van der Waals surface area contributed by atoms with Gasteiger partial charge in [-0.25, -0.2) is 4.98 Å². The van der Waals surface area contributed by atoms with E-state index in [9.17, 15) is 0 Å². The van der Waals surface area contributed by atoms with E-state index < -0.39 is 0 Å². The molecule has 1 atom stereocenters. The number of aromatic nitrogens is 2. The number of benzene rings is 1. The zero-order valence-corrected chi connectivity index (χ0v) is 12.5. The zero-order valence-electron chi connectivity index (χ0n) is 12.5. The van der Waals surface area contributed by atoms with E-state index in [1.54, 1.807) is 0 Å². The van der Waals surface area contributed by atoms with Crippen molar-refractivity contribution < 1.29 is 5.11 Å². The highest BCUT2D eigenvalue weighted by Crippen LogP contribution is 2.16.